The molecule has 0 aliphatic rings. The molecular formula is C10H11Br2NS. The molecule has 14 heavy (non-hydrogen) atoms. The number of terminal acetylenes is 1. The largest absolute Gasteiger partial charge is 0.308 e. The summed E-state index contributed by atoms with van der Waals surface area (Å²) in [4.78, 5) is 1.30. The Bertz CT molecular complexity index is 321. The van der Waals surface area contributed by atoms with Gasteiger partial charge in [0.25, 0.3) is 0 Å². The molecule has 0 bridgehead atoms. The maximum Gasteiger partial charge on any atom is 0.0843 e. The van der Waals surface area contributed by atoms with Crippen molar-refractivity contribution < 1.29 is 0 Å². The predicted octanol–water partition coefficient (Wildman–Crippen LogP) is 3.77. The fourth-order valence-electron chi connectivity index (χ4n) is 1.00. The molecule has 1 rings (SSSR count). The molecule has 1 nitrogen and oxygen atoms in total. The molecule has 1 aromatic heterocycles. The zero-order chi connectivity index (χ0) is 10.6. The van der Waals surface area contributed by atoms with E-state index in [0.717, 1.165) is 21.2 Å². The van der Waals surface area contributed by atoms with E-state index in [4.69, 9.17) is 6.42 Å². The van der Waals surface area contributed by atoms with Crippen LogP contribution in [-0.4, -0.2) is 6.04 Å². The van der Waals surface area contributed by atoms with E-state index in [-0.39, 0.29) is 0 Å². The first-order valence-electron chi connectivity index (χ1n) is 4.24. The molecule has 4 heteroatoms. The van der Waals surface area contributed by atoms with Crippen LogP contribution in [-0.2, 0) is 6.54 Å². The van der Waals surface area contributed by atoms with Crippen LogP contribution in [0.4, 0.5) is 0 Å². The Morgan fingerprint density at radius 3 is 2.86 bits per heavy atom. The topological polar surface area (TPSA) is 12.0 Å². The van der Waals surface area contributed by atoms with E-state index in [1.165, 1.54) is 4.88 Å². The summed E-state index contributed by atoms with van der Waals surface area (Å²) < 4.78 is 2.25. The molecule has 1 aromatic rings. The lowest BCUT2D eigenvalue weighted by Crippen LogP contribution is -2.24. The smallest absolute Gasteiger partial charge is 0.0843 e. The molecule has 1 atom stereocenters. The van der Waals surface area contributed by atoms with E-state index in [1.807, 2.05) is 0 Å². The third-order valence-corrected chi connectivity index (χ3v) is 5.00. The molecule has 0 aliphatic heterocycles. The van der Waals surface area contributed by atoms with E-state index in [0.29, 0.717) is 6.04 Å². The van der Waals surface area contributed by atoms with Gasteiger partial charge in [-0.25, -0.2) is 0 Å². The summed E-state index contributed by atoms with van der Waals surface area (Å²) in [5.74, 6) is 2.64. The predicted molar refractivity (Wildman–Crippen MR) is 69.5 cm³/mol. The highest BCUT2D eigenvalue weighted by molar-refractivity contribution is 9.13. The van der Waals surface area contributed by atoms with Gasteiger partial charge in [-0.15, -0.1) is 23.7 Å². The van der Waals surface area contributed by atoms with Gasteiger partial charge in [0.2, 0.25) is 0 Å². The average molecular weight is 337 g/mol. The molecule has 0 spiro atoms. The molecule has 0 aliphatic carbocycles. The van der Waals surface area contributed by atoms with Crippen LogP contribution in [0.15, 0.2) is 14.3 Å². The molecule has 0 saturated carbocycles. The quantitative estimate of drug-likeness (QED) is 0.825. The Balaban J connectivity index is 2.42. The monoisotopic (exact) mass is 335 g/mol. The van der Waals surface area contributed by atoms with Crippen molar-refractivity contribution in [1.82, 2.24) is 5.32 Å². The fourth-order valence-corrected chi connectivity index (χ4v) is 3.13. The van der Waals surface area contributed by atoms with E-state index in [1.54, 1.807) is 11.3 Å². The Morgan fingerprint density at radius 1 is 1.64 bits per heavy atom. The van der Waals surface area contributed by atoms with Crippen LogP contribution < -0.4 is 5.32 Å². The lowest BCUT2D eigenvalue weighted by atomic mass is 10.2. The summed E-state index contributed by atoms with van der Waals surface area (Å²) in [7, 11) is 0. The average Bonchev–Trinajstić information content (AvgIpc) is 2.44. The van der Waals surface area contributed by atoms with Gasteiger partial charge < -0.3 is 5.32 Å². The number of hydrogen-bond donors (Lipinski definition) is 1. The lowest BCUT2D eigenvalue weighted by molar-refractivity contribution is 0.563. The highest BCUT2D eigenvalue weighted by atomic mass is 79.9. The van der Waals surface area contributed by atoms with Crippen LogP contribution in [0, 0.1) is 12.3 Å². The van der Waals surface area contributed by atoms with Crippen LogP contribution in [0.5, 0.6) is 0 Å². The van der Waals surface area contributed by atoms with Gasteiger partial charge in [-0.3, -0.25) is 0 Å². The summed E-state index contributed by atoms with van der Waals surface area (Å²) in [5, 5.41) is 3.37. The number of hydrogen-bond acceptors (Lipinski definition) is 2. The lowest BCUT2D eigenvalue weighted by Gasteiger charge is -2.08. The molecule has 0 fully saturated rings. The van der Waals surface area contributed by atoms with Crippen LogP contribution in [0.1, 0.15) is 18.2 Å². The summed E-state index contributed by atoms with van der Waals surface area (Å²) in [6.07, 6.45) is 6.00. The summed E-state index contributed by atoms with van der Waals surface area (Å²) in [5.41, 5.74) is 0. The number of rotatable bonds is 4. The van der Waals surface area contributed by atoms with E-state index >= 15 is 0 Å². The molecule has 1 unspecified atom stereocenters. The van der Waals surface area contributed by atoms with Gasteiger partial charge in [0, 0.05) is 28.4 Å². The summed E-state index contributed by atoms with van der Waals surface area (Å²) in [6.45, 7) is 2.97. The van der Waals surface area contributed by atoms with E-state index in [2.05, 4.69) is 56.1 Å². The van der Waals surface area contributed by atoms with Crippen molar-refractivity contribution in [2.24, 2.45) is 0 Å². The van der Waals surface area contributed by atoms with Crippen LogP contribution >= 0.6 is 43.2 Å². The van der Waals surface area contributed by atoms with Crippen molar-refractivity contribution in [3.63, 3.8) is 0 Å². The molecule has 1 N–H and O–H groups in total. The third-order valence-electron chi connectivity index (χ3n) is 1.74. The van der Waals surface area contributed by atoms with Gasteiger partial charge >= 0.3 is 0 Å². The van der Waals surface area contributed by atoms with Crippen molar-refractivity contribution in [3.8, 4) is 12.3 Å². The van der Waals surface area contributed by atoms with Crippen molar-refractivity contribution >= 4 is 43.2 Å². The molecule has 1 heterocycles. The van der Waals surface area contributed by atoms with Gasteiger partial charge in [0.15, 0.2) is 0 Å². The van der Waals surface area contributed by atoms with Crippen LogP contribution in [0.2, 0.25) is 0 Å². The maximum atomic E-state index is 5.22. The molecular weight excluding hydrogens is 326 g/mol. The van der Waals surface area contributed by atoms with Crippen molar-refractivity contribution in [1.29, 1.82) is 0 Å². The zero-order valence-corrected chi connectivity index (χ0v) is 11.8. The number of nitrogens with one attached hydrogen (secondary N) is 1. The second-order valence-corrected chi connectivity index (χ2v) is 6.33. The minimum Gasteiger partial charge on any atom is -0.308 e. The first-order valence-corrected chi connectivity index (χ1v) is 6.64. The second kappa shape index (κ2) is 5.92. The number of thiophene rings is 1. The minimum absolute atomic E-state index is 0.375. The molecule has 0 radical (unpaired) electrons. The molecule has 0 amide bonds. The molecule has 0 saturated heterocycles. The Kier molecular flexibility index (Phi) is 5.18. The maximum absolute atomic E-state index is 5.22. The standard InChI is InChI=1S/C10H11Br2NS/c1-3-4-7(2)13-6-8-5-9(11)10(12)14-8/h1,5,7,13H,4,6H2,2H3. The number of halogens is 2. The minimum atomic E-state index is 0.375. The second-order valence-electron chi connectivity index (χ2n) is 3.02. The van der Waals surface area contributed by atoms with Crippen molar-refractivity contribution in [2.75, 3.05) is 0 Å². The van der Waals surface area contributed by atoms with Gasteiger partial charge in [-0.1, -0.05) is 0 Å². The summed E-state index contributed by atoms with van der Waals surface area (Å²) in [6, 6.07) is 2.49. The van der Waals surface area contributed by atoms with Gasteiger partial charge in [0.1, 0.15) is 0 Å². The van der Waals surface area contributed by atoms with Crippen molar-refractivity contribution in [3.05, 3.63) is 19.2 Å². The van der Waals surface area contributed by atoms with Gasteiger partial charge in [0.05, 0.1) is 3.79 Å². The fraction of sp³-hybridized carbons (Fsp3) is 0.400. The molecule has 0 aromatic carbocycles. The first kappa shape index (κ1) is 12.3. The first-order chi connectivity index (χ1) is 6.63. The Hall–Kier alpha value is 0.180. The van der Waals surface area contributed by atoms with Crippen LogP contribution in [0.3, 0.4) is 0 Å². The van der Waals surface area contributed by atoms with Crippen molar-refractivity contribution in [2.45, 2.75) is 25.9 Å². The Labute approximate surface area is 106 Å². The molecule has 76 valence electrons. The Morgan fingerprint density at radius 2 is 2.36 bits per heavy atom. The SMILES string of the molecule is C#CCC(C)NCc1cc(Br)c(Br)s1. The zero-order valence-electron chi connectivity index (χ0n) is 7.81. The van der Waals surface area contributed by atoms with Crippen LogP contribution in [0.25, 0.3) is 0 Å². The highest BCUT2D eigenvalue weighted by Crippen LogP contribution is 2.32. The third kappa shape index (κ3) is 3.74. The van der Waals surface area contributed by atoms with E-state index in [9.17, 15) is 0 Å². The normalized spacial score (nSPS) is 12.4. The van der Waals surface area contributed by atoms with E-state index < -0.39 is 0 Å². The van der Waals surface area contributed by atoms with Gasteiger partial charge in [-0.05, 0) is 44.8 Å². The highest BCUT2D eigenvalue weighted by Gasteiger charge is 2.05. The summed E-state index contributed by atoms with van der Waals surface area (Å²) >= 11 is 8.65. The van der Waals surface area contributed by atoms with Gasteiger partial charge in [-0.2, -0.15) is 0 Å².